The molecular formula is C15H16N2O2. The second-order valence-corrected chi connectivity index (χ2v) is 5.36. The summed E-state index contributed by atoms with van der Waals surface area (Å²) in [6, 6.07) is 8.86. The van der Waals surface area contributed by atoms with Crippen LogP contribution in [0.1, 0.15) is 36.8 Å². The summed E-state index contributed by atoms with van der Waals surface area (Å²) in [5.41, 5.74) is 1.91. The fourth-order valence-corrected chi connectivity index (χ4v) is 1.86. The number of rotatable bonds is 2. The molecule has 2 heterocycles. The van der Waals surface area contributed by atoms with Crippen LogP contribution >= 0.6 is 0 Å². The van der Waals surface area contributed by atoms with Crippen LogP contribution in [-0.4, -0.2) is 21.0 Å². The molecule has 4 nitrogen and oxygen atoms in total. The number of aromatic carboxylic acids is 1. The van der Waals surface area contributed by atoms with Gasteiger partial charge in [-0.05, 0) is 24.3 Å². The molecule has 0 unspecified atom stereocenters. The van der Waals surface area contributed by atoms with Gasteiger partial charge in [0.15, 0.2) is 0 Å². The normalized spacial score (nSPS) is 11.3. The van der Waals surface area contributed by atoms with Gasteiger partial charge in [-0.3, -0.25) is 4.98 Å². The molecule has 0 saturated carbocycles. The van der Waals surface area contributed by atoms with Crippen LogP contribution in [0.4, 0.5) is 0 Å². The third-order valence-corrected chi connectivity index (χ3v) is 2.76. The maximum Gasteiger partial charge on any atom is 0.337 e. The van der Waals surface area contributed by atoms with Crippen molar-refractivity contribution >= 4 is 5.97 Å². The summed E-state index contributed by atoms with van der Waals surface area (Å²) in [7, 11) is 0. The standard InChI is InChI=1S/C15H16N2O2/c1-15(2,3)13-10(14(18)19)7-8-12(17-13)11-6-4-5-9-16-11/h4-9H,1-3H3,(H,18,19). The molecule has 2 aromatic heterocycles. The van der Waals surface area contributed by atoms with E-state index >= 15 is 0 Å². The zero-order valence-corrected chi connectivity index (χ0v) is 11.2. The predicted octanol–water partition coefficient (Wildman–Crippen LogP) is 3.14. The van der Waals surface area contributed by atoms with E-state index in [1.165, 1.54) is 0 Å². The predicted molar refractivity (Wildman–Crippen MR) is 73.1 cm³/mol. The number of carboxylic acids is 1. The first-order valence-corrected chi connectivity index (χ1v) is 6.06. The average Bonchev–Trinajstić information content (AvgIpc) is 2.38. The quantitative estimate of drug-likeness (QED) is 0.896. The van der Waals surface area contributed by atoms with Crippen LogP contribution < -0.4 is 0 Å². The van der Waals surface area contributed by atoms with Gasteiger partial charge in [-0.1, -0.05) is 26.8 Å². The molecule has 98 valence electrons. The maximum absolute atomic E-state index is 11.3. The third-order valence-electron chi connectivity index (χ3n) is 2.76. The maximum atomic E-state index is 11.3. The van der Waals surface area contributed by atoms with Crippen molar-refractivity contribution in [2.24, 2.45) is 0 Å². The number of nitrogens with zero attached hydrogens (tertiary/aromatic N) is 2. The highest BCUT2D eigenvalue weighted by molar-refractivity contribution is 5.89. The molecule has 0 aliphatic rings. The minimum atomic E-state index is -0.954. The molecule has 0 atom stereocenters. The van der Waals surface area contributed by atoms with Gasteiger partial charge in [0, 0.05) is 11.6 Å². The molecule has 2 rings (SSSR count). The topological polar surface area (TPSA) is 63.1 Å². The van der Waals surface area contributed by atoms with Gasteiger partial charge in [-0.2, -0.15) is 0 Å². The van der Waals surface area contributed by atoms with Gasteiger partial charge in [0.2, 0.25) is 0 Å². The van der Waals surface area contributed by atoms with Crippen molar-refractivity contribution in [2.45, 2.75) is 26.2 Å². The minimum absolute atomic E-state index is 0.243. The van der Waals surface area contributed by atoms with E-state index in [1.54, 1.807) is 18.3 Å². The Morgan fingerprint density at radius 3 is 2.37 bits per heavy atom. The van der Waals surface area contributed by atoms with Crippen LogP contribution in [0, 0.1) is 0 Å². The van der Waals surface area contributed by atoms with Crippen molar-refractivity contribution in [3.8, 4) is 11.4 Å². The summed E-state index contributed by atoms with van der Waals surface area (Å²) >= 11 is 0. The number of carboxylic acid groups (broad SMARTS) is 1. The Bertz CT molecular complexity index is 601. The number of carbonyl (C=O) groups is 1. The lowest BCUT2D eigenvalue weighted by Gasteiger charge is -2.20. The molecular weight excluding hydrogens is 240 g/mol. The third kappa shape index (κ3) is 2.78. The van der Waals surface area contributed by atoms with Gasteiger partial charge in [0.05, 0.1) is 22.6 Å². The van der Waals surface area contributed by atoms with Crippen molar-refractivity contribution in [2.75, 3.05) is 0 Å². The first kappa shape index (κ1) is 13.2. The SMILES string of the molecule is CC(C)(C)c1nc(-c2ccccn2)ccc1C(=O)O. The number of aromatic nitrogens is 2. The zero-order valence-electron chi connectivity index (χ0n) is 11.2. The van der Waals surface area contributed by atoms with E-state index < -0.39 is 5.97 Å². The smallest absolute Gasteiger partial charge is 0.337 e. The summed E-state index contributed by atoms with van der Waals surface area (Å²) in [6.45, 7) is 5.85. The lowest BCUT2D eigenvalue weighted by molar-refractivity contribution is 0.0693. The fraction of sp³-hybridized carbons (Fsp3) is 0.267. The fourth-order valence-electron chi connectivity index (χ4n) is 1.86. The molecule has 0 bridgehead atoms. The number of hydrogen-bond donors (Lipinski definition) is 1. The Kier molecular flexibility index (Phi) is 3.34. The molecule has 0 spiro atoms. The molecule has 4 heteroatoms. The van der Waals surface area contributed by atoms with Crippen molar-refractivity contribution in [1.29, 1.82) is 0 Å². The van der Waals surface area contributed by atoms with E-state index in [1.807, 2.05) is 39.0 Å². The Hall–Kier alpha value is -2.23. The Labute approximate surface area is 112 Å². The molecule has 1 N–H and O–H groups in total. The summed E-state index contributed by atoms with van der Waals surface area (Å²) in [5, 5.41) is 9.23. The molecule has 0 amide bonds. The summed E-state index contributed by atoms with van der Waals surface area (Å²) < 4.78 is 0. The highest BCUT2D eigenvalue weighted by Gasteiger charge is 2.24. The van der Waals surface area contributed by atoms with Crippen LogP contribution in [-0.2, 0) is 5.41 Å². The first-order valence-electron chi connectivity index (χ1n) is 6.06. The van der Waals surface area contributed by atoms with Gasteiger partial charge < -0.3 is 5.11 Å². The summed E-state index contributed by atoms with van der Waals surface area (Å²) in [4.78, 5) is 20.0. The largest absolute Gasteiger partial charge is 0.478 e. The van der Waals surface area contributed by atoms with Crippen molar-refractivity contribution in [1.82, 2.24) is 9.97 Å². The Morgan fingerprint density at radius 1 is 1.11 bits per heavy atom. The van der Waals surface area contributed by atoms with Crippen LogP contribution in [0.25, 0.3) is 11.4 Å². The van der Waals surface area contributed by atoms with E-state index in [0.717, 1.165) is 5.69 Å². The lowest BCUT2D eigenvalue weighted by atomic mass is 9.88. The average molecular weight is 256 g/mol. The second-order valence-electron chi connectivity index (χ2n) is 5.36. The molecule has 0 radical (unpaired) electrons. The zero-order chi connectivity index (χ0) is 14.0. The van der Waals surface area contributed by atoms with Gasteiger partial charge >= 0.3 is 5.97 Å². The molecule has 0 aromatic carbocycles. The first-order chi connectivity index (χ1) is 8.89. The van der Waals surface area contributed by atoms with Crippen LogP contribution in [0.15, 0.2) is 36.5 Å². The Balaban J connectivity index is 2.60. The van der Waals surface area contributed by atoms with Crippen molar-refractivity contribution < 1.29 is 9.90 Å². The van der Waals surface area contributed by atoms with Crippen LogP contribution in [0.3, 0.4) is 0 Å². The van der Waals surface area contributed by atoms with E-state index in [9.17, 15) is 9.90 Å². The van der Waals surface area contributed by atoms with Crippen LogP contribution in [0.2, 0.25) is 0 Å². The number of hydrogen-bond acceptors (Lipinski definition) is 3. The molecule has 0 fully saturated rings. The lowest BCUT2D eigenvalue weighted by Crippen LogP contribution is -2.19. The highest BCUT2D eigenvalue weighted by Crippen LogP contribution is 2.26. The van der Waals surface area contributed by atoms with E-state index in [2.05, 4.69) is 9.97 Å². The molecule has 0 saturated heterocycles. The van der Waals surface area contributed by atoms with Crippen molar-refractivity contribution in [3.05, 3.63) is 47.8 Å². The van der Waals surface area contributed by atoms with Gasteiger partial charge in [-0.25, -0.2) is 9.78 Å². The monoisotopic (exact) mass is 256 g/mol. The van der Waals surface area contributed by atoms with Crippen LogP contribution in [0.5, 0.6) is 0 Å². The van der Waals surface area contributed by atoms with E-state index in [0.29, 0.717) is 11.4 Å². The molecule has 0 aliphatic heterocycles. The molecule has 0 aliphatic carbocycles. The summed E-state index contributed by atoms with van der Waals surface area (Å²) in [5.74, 6) is -0.954. The Morgan fingerprint density at radius 2 is 1.84 bits per heavy atom. The van der Waals surface area contributed by atoms with E-state index in [-0.39, 0.29) is 11.0 Å². The minimum Gasteiger partial charge on any atom is -0.478 e. The second kappa shape index (κ2) is 4.80. The van der Waals surface area contributed by atoms with Gasteiger partial charge in [-0.15, -0.1) is 0 Å². The van der Waals surface area contributed by atoms with E-state index in [4.69, 9.17) is 0 Å². The molecule has 19 heavy (non-hydrogen) atoms. The van der Waals surface area contributed by atoms with Crippen molar-refractivity contribution in [3.63, 3.8) is 0 Å². The number of pyridine rings is 2. The highest BCUT2D eigenvalue weighted by atomic mass is 16.4. The van der Waals surface area contributed by atoms with Gasteiger partial charge in [0.25, 0.3) is 0 Å². The van der Waals surface area contributed by atoms with Gasteiger partial charge in [0.1, 0.15) is 0 Å². The molecule has 2 aromatic rings. The summed E-state index contributed by atoms with van der Waals surface area (Å²) in [6.07, 6.45) is 1.69.